The highest BCUT2D eigenvalue weighted by molar-refractivity contribution is 5.61. The smallest absolute Gasteiger partial charge is 0.251 e. The van der Waals surface area contributed by atoms with Gasteiger partial charge in [0.25, 0.3) is 5.56 Å². The number of phenolic OH excluding ortho intramolecular Hbond substituents is 1. The second kappa shape index (κ2) is 7.57. The van der Waals surface area contributed by atoms with Crippen molar-refractivity contribution in [3.8, 4) is 17.0 Å². The molecule has 1 saturated heterocycles. The average Bonchev–Trinajstić information content (AvgIpc) is 2.74. The predicted molar refractivity (Wildman–Crippen MR) is 115 cm³/mol. The summed E-state index contributed by atoms with van der Waals surface area (Å²) in [4.78, 5) is 23.6. The average molecular weight is 403 g/mol. The van der Waals surface area contributed by atoms with E-state index in [4.69, 9.17) is 5.73 Å². The molecule has 2 aromatic heterocycles. The Morgan fingerprint density at radius 2 is 1.90 bits per heavy atom. The van der Waals surface area contributed by atoms with Crippen LogP contribution in [0.4, 0.5) is 5.82 Å². The van der Waals surface area contributed by atoms with Crippen LogP contribution in [0.3, 0.4) is 0 Å². The third-order valence-electron chi connectivity index (χ3n) is 6.27. The molecule has 7 nitrogen and oxygen atoms in total. The van der Waals surface area contributed by atoms with E-state index in [2.05, 4.69) is 20.9 Å². The molecule has 1 aromatic carbocycles. The topological polar surface area (TPSA) is 97.3 Å². The Labute approximate surface area is 174 Å². The van der Waals surface area contributed by atoms with Crippen molar-refractivity contribution >= 4 is 5.82 Å². The molecule has 0 spiro atoms. The summed E-state index contributed by atoms with van der Waals surface area (Å²) in [6.07, 6.45) is 3.50. The van der Waals surface area contributed by atoms with Crippen LogP contribution in [0.2, 0.25) is 0 Å². The van der Waals surface area contributed by atoms with Gasteiger partial charge in [0.15, 0.2) is 0 Å². The van der Waals surface area contributed by atoms with E-state index < -0.39 is 0 Å². The molecule has 0 unspecified atom stereocenters. The number of aromatic nitrogens is 3. The van der Waals surface area contributed by atoms with Gasteiger partial charge in [-0.05, 0) is 42.5 Å². The minimum Gasteiger partial charge on any atom is -0.508 e. The van der Waals surface area contributed by atoms with Gasteiger partial charge in [0.05, 0.1) is 5.69 Å². The van der Waals surface area contributed by atoms with Crippen molar-refractivity contribution in [2.75, 3.05) is 25.4 Å². The lowest BCUT2D eigenvalue weighted by Crippen LogP contribution is -2.47. The molecule has 2 atom stereocenters. The first-order chi connectivity index (χ1) is 14.5. The van der Waals surface area contributed by atoms with Crippen LogP contribution < -0.4 is 11.3 Å². The summed E-state index contributed by atoms with van der Waals surface area (Å²) in [5.74, 6) is 1.53. The van der Waals surface area contributed by atoms with E-state index in [0.717, 1.165) is 50.3 Å². The number of phenols is 1. The predicted octanol–water partition coefficient (Wildman–Crippen LogP) is 2.25. The van der Waals surface area contributed by atoms with Crippen LogP contribution >= 0.6 is 0 Å². The maximum Gasteiger partial charge on any atom is 0.251 e. The quantitative estimate of drug-likeness (QED) is 0.694. The number of hydrogen-bond donors (Lipinski definition) is 2. The molecule has 0 radical (unpaired) electrons. The number of rotatable bonds is 4. The van der Waals surface area contributed by atoms with Crippen molar-refractivity contribution in [1.29, 1.82) is 0 Å². The zero-order valence-corrected chi connectivity index (χ0v) is 16.7. The van der Waals surface area contributed by atoms with Gasteiger partial charge in [0.1, 0.15) is 17.9 Å². The molecule has 0 amide bonds. The fourth-order valence-electron chi connectivity index (χ4n) is 4.87. The van der Waals surface area contributed by atoms with Gasteiger partial charge < -0.3 is 20.3 Å². The van der Waals surface area contributed by atoms with E-state index in [1.54, 1.807) is 24.3 Å². The number of likely N-dealkylation sites (tertiary alicyclic amines) is 1. The third kappa shape index (κ3) is 3.68. The van der Waals surface area contributed by atoms with Gasteiger partial charge in [-0.25, -0.2) is 9.97 Å². The van der Waals surface area contributed by atoms with Gasteiger partial charge in [-0.1, -0.05) is 12.1 Å². The van der Waals surface area contributed by atoms with E-state index in [0.29, 0.717) is 29.1 Å². The molecular weight excluding hydrogens is 378 g/mol. The van der Waals surface area contributed by atoms with Gasteiger partial charge in [0.2, 0.25) is 0 Å². The summed E-state index contributed by atoms with van der Waals surface area (Å²) >= 11 is 0. The maximum absolute atomic E-state index is 12.8. The highest BCUT2D eigenvalue weighted by Gasteiger charge is 2.34. The lowest BCUT2D eigenvalue weighted by molar-refractivity contribution is 0.121. The molecule has 2 aliphatic rings. The van der Waals surface area contributed by atoms with E-state index in [1.165, 1.54) is 11.9 Å². The van der Waals surface area contributed by atoms with Crippen LogP contribution in [0.5, 0.6) is 5.75 Å². The van der Waals surface area contributed by atoms with Crippen LogP contribution in [0.15, 0.2) is 53.6 Å². The number of fused-ring (bicyclic) bond motifs is 4. The van der Waals surface area contributed by atoms with Crippen LogP contribution in [0.1, 0.15) is 23.6 Å². The Kier molecular flexibility index (Phi) is 4.75. The van der Waals surface area contributed by atoms with Crippen molar-refractivity contribution in [1.82, 2.24) is 19.4 Å². The summed E-state index contributed by atoms with van der Waals surface area (Å²) in [7, 11) is 0. The zero-order valence-electron chi connectivity index (χ0n) is 16.7. The molecule has 0 saturated carbocycles. The lowest BCUT2D eigenvalue weighted by atomic mass is 9.82. The molecule has 2 bridgehead atoms. The SMILES string of the molecule is Nc1cc(-c2cc3n(c(=O)c2)C[C@H]2C[C@@H]3CN(CCc3ccc(O)cc3)C2)ncn1. The van der Waals surface area contributed by atoms with Gasteiger partial charge >= 0.3 is 0 Å². The van der Waals surface area contributed by atoms with E-state index >= 15 is 0 Å². The van der Waals surface area contributed by atoms with Crippen LogP contribution in [-0.4, -0.2) is 44.2 Å². The van der Waals surface area contributed by atoms with Crippen molar-refractivity contribution in [2.24, 2.45) is 5.92 Å². The largest absolute Gasteiger partial charge is 0.508 e. The zero-order chi connectivity index (χ0) is 20.7. The third-order valence-corrected chi connectivity index (χ3v) is 6.27. The number of nitrogens with two attached hydrogens (primary N) is 1. The Bertz CT molecular complexity index is 1130. The molecule has 30 heavy (non-hydrogen) atoms. The monoisotopic (exact) mass is 403 g/mol. The van der Waals surface area contributed by atoms with Gasteiger partial charge in [-0.3, -0.25) is 4.79 Å². The molecule has 3 N–H and O–H groups in total. The highest BCUT2D eigenvalue weighted by Crippen LogP contribution is 2.36. The van der Waals surface area contributed by atoms with Crippen LogP contribution in [0, 0.1) is 5.92 Å². The van der Waals surface area contributed by atoms with E-state index in [9.17, 15) is 9.90 Å². The number of benzene rings is 1. The Morgan fingerprint density at radius 1 is 1.07 bits per heavy atom. The fourth-order valence-corrected chi connectivity index (χ4v) is 4.87. The Hall–Kier alpha value is -3.19. The fraction of sp³-hybridized carbons (Fsp3) is 0.348. The number of piperidine rings is 1. The first-order valence-electron chi connectivity index (χ1n) is 10.4. The number of aromatic hydroxyl groups is 1. The first-order valence-corrected chi connectivity index (χ1v) is 10.4. The summed E-state index contributed by atoms with van der Waals surface area (Å²) in [5, 5.41) is 9.46. The van der Waals surface area contributed by atoms with E-state index in [-0.39, 0.29) is 5.56 Å². The van der Waals surface area contributed by atoms with Gasteiger partial charge in [-0.15, -0.1) is 0 Å². The summed E-state index contributed by atoms with van der Waals surface area (Å²) in [6.45, 7) is 3.71. The Balaban J connectivity index is 1.38. The van der Waals surface area contributed by atoms with Gasteiger partial charge in [-0.2, -0.15) is 0 Å². The molecule has 2 aliphatic heterocycles. The molecule has 0 aliphatic carbocycles. The molecular formula is C23H25N5O2. The number of hydrogen-bond acceptors (Lipinski definition) is 6. The number of nitrogens with zero attached hydrogens (tertiary/aromatic N) is 4. The Morgan fingerprint density at radius 3 is 2.70 bits per heavy atom. The summed E-state index contributed by atoms with van der Waals surface area (Å²) in [5.41, 5.74) is 9.65. The molecule has 3 aromatic rings. The van der Waals surface area contributed by atoms with Crippen molar-refractivity contribution in [3.63, 3.8) is 0 Å². The second-order valence-electron chi connectivity index (χ2n) is 8.42. The standard InChI is InChI=1S/C23H25N5O2/c24-22-10-20(25-14-26-22)17-8-21-18-7-16(12-28(21)23(30)9-17)11-27(13-18)6-5-15-1-3-19(29)4-2-15/h1-4,8-10,14,16,18,29H,5-7,11-13H2,(H2,24,25,26)/t16-,18+/m0/s1. The molecule has 1 fully saturated rings. The summed E-state index contributed by atoms with van der Waals surface area (Å²) < 4.78 is 1.95. The lowest BCUT2D eigenvalue weighted by Gasteiger charge is -2.43. The normalized spacial score (nSPS) is 20.7. The molecule has 7 heteroatoms. The van der Waals surface area contributed by atoms with Crippen molar-refractivity contribution in [3.05, 3.63) is 70.4 Å². The summed E-state index contributed by atoms with van der Waals surface area (Å²) in [6, 6.07) is 12.9. The second-order valence-corrected chi connectivity index (χ2v) is 8.42. The van der Waals surface area contributed by atoms with Crippen molar-refractivity contribution in [2.45, 2.75) is 25.3 Å². The minimum atomic E-state index is 0.0342. The van der Waals surface area contributed by atoms with Crippen LogP contribution in [0.25, 0.3) is 11.3 Å². The minimum absolute atomic E-state index is 0.0342. The number of anilines is 1. The van der Waals surface area contributed by atoms with Crippen LogP contribution in [-0.2, 0) is 13.0 Å². The molecule has 5 rings (SSSR count). The van der Waals surface area contributed by atoms with Crippen molar-refractivity contribution < 1.29 is 5.11 Å². The number of nitrogen functional groups attached to an aromatic ring is 1. The van der Waals surface area contributed by atoms with E-state index in [1.807, 2.05) is 16.7 Å². The maximum atomic E-state index is 12.8. The molecule has 4 heterocycles. The number of pyridine rings is 1. The highest BCUT2D eigenvalue weighted by atomic mass is 16.3. The van der Waals surface area contributed by atoms with Gasteiger partial charge in [0, 0.05) is 55.5 Å². The first kappa shape index (κ1) is 18.8. The molecule has 154 valence electrons.